The molecule has 0 saturated carbocycles. The van der Waals surface area contributed by atoms with Crippen molar-refractivity contribution in [2.45, 2.75) is 71.7 Å². The molecule has 3 aliphatic heterocycles. The molecule has 33 heavy (non-hydrogen) atoms. The van der Waals surface area contributed by atoms with Gasteiger partial charge in [-0.2, -0.15) is 4.98 Å². The van der Waals surface area contributed by atoms with E-state index in [0.717, 1.165) is 55.0 Å². The van der Waals surface area contributed by atoms with E-state index >= 15 is 0 Å². The summed E-state index contributed by atoms with van der Waals surface area (Å²) in [5, 5.41) is 2.93. The number of ether oxygens (including phenoxy) is 1. The Kier molecular flexibility index (Phi) is 5.60. The molecule has 5 rings (SSSR count). The molecular formula is C24H32N6O3. The van der Waals surface area contributed by atoms with E-state index in [0.29, 0.717) is 29.9 Å². The summed E-state index contributed by atoms with van der Waals surface area (Å²) in [6.45, 7) is 10.3. The number of carbonyl (C=O) groups excluding carboxylic acids is 1. The fourth-order valence-corrected chi connectivity index (χ4v) is 5.37. The molecular weight excluding hydrogens is 420 g/mol. The zero-order valence-electron chi connectivity index (χ0n) is 19.8. The van der Waals surface area contributed by atoms with Gasteiger partial charge in [-0.1, -0.05) is 0 Å². The van der Waals surface area contributed by atoms with Gasteiger partial charge in [-0.15, -0.1) is 0 Å². The van der Waals surface area contributed by atoms with Crippen molar-refractivity contribution >= 4 is 17.7 Å². The van der Waals surface area contributed by atoms with Crippen LogP contribution in [0.2, 0.25) is 0 Å². The number of amides is 1. The van der Waals surface area contributed by atoms with E-state index < -0.39 is 0 Å². The van der Waals surface area contributed by atoms with Crippen LogP contribution in [-0.4, -0.2) is 58.7 Å². The summed E-state index contributed by atoms with van der Waals surface area (Å²) < 4.78 is 5.75. The van der Waals surface area contributed by atoms with Crippen LogP contribution < -0.4 is 20.7 Å². The number of carbonyl (C=O) groups is 1. The predicted molar refractivity (Wildman–Crippen MR) is 126 cm³/mol. The molecule has 3 saturated heterocycles. The Balaban J connectivity index is 1.47. The summed E-state index contributed by atoms with van der Waals surface area (Å²) in [5.74, 6) is 1.15. The molecule has 3 fully saturated rings. The molecule has 3 aliphatic rings. The molecule has 176 valence electrons. The zero-order valence-corrected chi connectivity index (χ0v) is 19.8. The van der Waals surface area contributed by atoms with Crippen molar-refractivity contribution in [2.75, 3.05) is 29.5 Å². The van der Waals surface area contributed by atoms with Crippen LogP contribution in [0.15, 0.2) is 10.9 Å². The average Bonchev–Trinajstić information content (AvgIpc) is 3.50. The van der Waals surface area contributed by atoms with Crippen LogP contribution in [0.3, 0.4) is 0 Å². The first-order valence-electron chi connectivity index (χ1n) is 11.8. The summed E-state index contributed by atoms with van der Waals surface area (Å²) in [4.78, 5) is 42.7. The van der Waals surface area contributed by atoms with Gasteiger partial charge in [0.15, 0.2) is 0 Å². The van der Waals surface area contributed by atoms with Gasteiger partial charge in [0.2, 0.25) is 5.95 Å². The van der Waals surface area contributed by atoms with Crippen LogP contribution in [0, 0.1) is 20.8 Å². The second kappa shape index (κ2) is 8.44. The summed E-state index contributed by atoms with van der Waals surface area (Å²) in [6, 6.07) is 2.54. The lowest BCUT2D eigenvalue weighted by molar-refractivity contribution is 0.0944. The first kappa shape index (κ1) is 21.9. The fourth-order valence-electron chi connectivity index (χ4n) is 5.37. The molecule has 0 unspecified atom stereocenters. The van der Waals surface area contributed by atoms with Crippen molar-refractivity contribution < 1.29 is 9.53 Å². The molecule has 2 N–H and O–H groups in total. The third-order valence-corrected chi connectivity index (χ3v) is 7.23. The van der Waals surface area contributed by atoms with Gasteiger partial charge in [0.25, 0.3) is 11.5 Å². The maximum absolute atomic E-state index is 13.3. The van der Waals surface area contributed by atoms with Gasteiger partial charge < -0.3 is 24.8 Å². The SMILES string of the molecule is Cc1cc(C)c(CNC(=O)c2nc(N3C[C@@H]4C[C@H]3CO4)nc(N3CCC[C@@H]3C)c2C)c(=O)[nH]1. The number of fused-ring (bicyclic) bond motifs is 2. The van der Waals surface area contributed by atoms with Crippen molar-refractivity contribution in [3.05, 3.63) is 44.5 Å². The minimum Gasteiger partial charge on any atom is -0.374 e. The summed E-state index contributed by atoms with van der Waals surface area (Å²) >= 11 is 0. The number of rotatable bonds is 5. The number of hydrogen-bond donors (Lipinski definition) is 2. The Bertz CT molecular complexity index is 1150. The van der Waals surface area contributed by atoms with Gasteiger partial charge in [0.1, 0.15) is 11.5 Å². The lowest BCUT2D eigenvalue weighted by atomic mass is 10.1. The van der Waals surface area contributed by atoms with Gasteiger partial charge in [0, 0.05) is 42.5 Å². The minimum absolute atomic E-state index is 0.150. The zero-order chi connectivity index (χ0) is 23.3. The topological polar surface area (TPSA) is 103 Å². The van der Waals surface area contributed by atoms with Gasteiger partial charge in [0.05, 0.1) is 18.8 Å². The normalized spacial score (nSPS) is 24.1. The maximum Gasteiger partial charge on any atom is 0.270 e. The Morgan fingerprint density at radius 1 is 1.27 bits per heavy atom. The average molecular weight is 453 g/mol. The molecule has 3 atom stereocenters. The molecule has 5 heterocycles. The van der Waals surface area contributed by atoms with E-state index in [4.69, 9.17) is 14.7 Å². The molecule has 0 radical (unpaired) electrons. The van der Waals surface area contributed by atoms with E-state index in [1.54, 1.807) is 0 Å². The van der Waals surface area contributed by atoms with E-state index in [9.17, 15) is 9.59 Å². The number of H-pyrrole nitrogens is 1. The van der Waals surface area contributed by atoms with E-state index in [1.165, 1.54) is 0 Å². The van der Waals surface area contributed by atoms with Crippen LogP contribution in [0.1, 0.15) is 59.1 Å². The smallest absolute Gasteiger partial charge is 0.270 e. The number of hydrogen-bond acceptors (Lipinski definition) is 7. The van der Waals surface area contributed by atoms with Crippen LogP contribution in [-0.2, 0) is 11.3 Å². The number of aromatic amines is 1. The summed E-state index contributed by atoms with van der Waals surface area (Å²) in [5.41, 5.74) is 3.20. The third-order valence-electron chi connectivity index (χ3n) is 7.23. The number of anilines is 2. The van der Waals surface area contributed by atoms with Gasteiger partial charge in [-0.25, -0.2) is 4.98 Å². The lowest BCUT2D eigenvalue weighted by Crippen LogP contribution is -2.39. The minimum atomic E-state index is -0.288. The Labute approximate surface area is 193 Å². The number of aryl methyl sites for hydroxylation is 2. The van der Waals surface area contributed by atoms with E-state index in [2.05, 4.69) is 27.0 Å². The largest absolute Gasteiger partial charge is 0.374 e. The molecule has 0 spiro atoms. The molecule has 9 nitrogen and oxygen atoms in total. The fraction of sp³-hybridized carbons (Fsp3) is 0.583. The highest BCUT2D eigenvalue weighted by Crippen LogP contribution is 2.34. The van der Waals surface area contributed by atoms with Crippen molar-refractivity contribution in [1.82, 2.24) is 20.3 Å². The summed E-state index contributed by atoms with van der Waals surface area (Å²) in [7, 11) is 0. The predicted octanol–water partition coefficient (Wildman–Crippen LogP) is 1.99. The first-order valence-corrected chi connectivity index (χ1v) is 11.8. The number of nitrogens with one attached hydrogen (secondary N) is 2. The second-order valence-corrected chi connectivity index (χ2v) is 9.63. The van der Waals surface area contributed by atoms with E-state index in [-0.39, 0.29) is 30.2 Å². The Hall–Kier alpha value is -2.94. The van der Waals surface area contributed by atoms with Gasteiger partial charge in [-0.05, 0) is 58.6 Å². The highest BCUT2D eigenvalue weighted by Gasteiger charge is 2.41. The monoisotopic (exact) mass is 452 g/mol. The second-order valence-electron chi connectivity index (χ2n) is 9.63. The highest BCUT2D eigenvalue weighted by molar-refractivity contribution is 5.95. The summed E-state index contributed by atoms with van der Waals surface area (Å²) in [6.07, 6.45) is 3.41. The van der Waals surface area contributed by atoms with Crippen LogP contribution in [0.25, 0.3) is 0 Å². The van der Waals surface area contributed by atoms with E-state index in [1.807, 2.05) is 26.8 Å². The number of pyridine rings is 1. The quantitative estimate of drug-likeness (QED) is 0.715. The standard InChI is InChI=1S/C24H32N6O3/c1-13-8-14(2)26-22(31)19(13)10-25-23(32)20-16(4)21(29-7-5-6-15(29)3)28-24(27-20)30-11-18-9-17(30)12-33-18/h8,15,17-18H,5-7,9-12H2,1-4H3,(H,25,32)(H,26,31)/t15-,17-,18-/m0/s1. The number of aromatic nitrogens is 3. The lowest BCUT2D eigenvalue weighted by Gasteiger charge is -2.30. The van der Waals surface area contributed by atoms with Crippen molar-refractivity contribution in [2.24, 2.45) is 0 Å². The number of nitrogens with zero attached hydrogens (tertiary/aromatic N) is 4. The molecule has 2 bridgehead atoms. The molecule has 0 aliphatic carbocycles. The third kappa shape index (κ3) is 3.99. The van der Waals surface area contributed by atoms with Crippen molar-refractivity contribution in [3.63, 3.8) is 0 Å². The van der Waals surface area contributed by atoms with Crippen molar-refractivity contribution in [3.8, 4) is 0 Å². The maximum atomic E-state index is 13.3. The van der Waals surface area contributed by atoms with Gasteiger partial charge in [-0.3, -0.25) is 9.59 Å². The van der Waals surface area contributed by atoms with Gasteiger partial charge >= 0.3 is 0 Å². The molecule has 1 amide bonds. The van der Waals surface area contributed by atoms with Crippen LogP contribution in [0.4, 0.5) is 11.8 Å². The molecule has 9 heteroatoms. The Morgan fingerprint density at radius 3 is 2.73 bits per heavy atom. The Morgan fingerprint density at radius 2 is 2.09 bits per heavy atom. The molecule has 0 aromatic carbocycles. The van der Waals surface area contributed by atoms with Crippen LogP contribution in [0.5, 0.6) is 0 Å². The molecule has 2 aromatic rings. The highest BCUT2D eigenvalue weighted by atomic mass is 16.5. The first-order chi connectivity index (χ1) is 15.8. The molecule has 2 aromatic heterocycles. The number of morpholine rings is 1. The van der Waals surface area contributed by atoms with Crippen molar-refractivity contribution in [1.29, 1.82) is 0 Å². The van der Waals surface area contributed by atoms with Crippen LogP contribution >= 0.6 is 0 Å².